The van der Waals surface area contributed by atoms with E-state index in [4.69, 9.17) is 0 Å². The number of carbonyl (C=O) groups is 1. The van der Waals surface area contributed by atoms with Crippen LogP contribution >= 0.6 is 0 Å². The van der Waals surface area contributed by atoms with Crippen molar-refractivity contribution in [3.63, 3.8) is 0 Å². The second-order valence-corrected chi connectivity index (χ2v) is 5.79. The molecule has 0 unspecified atom stereocenters. The number of hydrogen-bond acceptors (Lipinski definition) is 2. The van der Waals surface area contributed by atoms with Gasteiger partial charge in [-0.05, 0) is 62.6 Å². The van der Waals surface area contributed by atoms with Crippen LogP contribution in [0.3, 0.4) is 0 Å². The van der Waals surface area contributed by atoms with Crippen molar-refractivity contribution in [2.24, 2.45) is 11.8 Å². The van der Waals surface area contributed by atoms with Crippen LogP contribution in [-0.4, -0.2) is 18.5 Å². The first kappa shape index (κ1) is 12.5. The lowest BCUT2D eigenvalue weighted by molar-refractivity contribution is 0.0956. The summed E-state index contributed by atoms with van der Waals surface area (Å²) in [6.45, 7) is 2.61. The zero-order valence-corrected chi connectivity index (χ0v) is 11.5. The quantitative estimate of drug-likeness (QED) is 0.823. The Morgan fingerprint density at radius 3 is 2.53 bits per heavy atom. The van der Waals surface area contributed by atoms with Crippen LogP contribution in [0.15, 0.2) is 24.3 Å². The van der Waals surface area contributed by atoms with Crippen molar-refractivity contribution in [2.75, 3.05) is 11.9 Å². The first-order valence-corrected chi connectivity index (χ1v) is 7.42. The highest BCUT2D eigenvalue weighted by Gasteiger charge is 2.41. The zero-order chi connectivity index (χ0) is 13.2. The molecule has 2 aliphatic carbocycles. The predicted molar refractivity (Wildman–Crippen MR) is 77.3 cm³/mol. The summed E-state index contributed by atoms with van der Waals surface area (Å²) in [4.78, 5) is 11.8. The second-order valence-electron chi connectivity index (χ2n) is 5.79. The summed E-state index contributed by atoms with van der Waals surface area (Å²) in [5, 5.41) is 6.51. The van der Waals surface area contributed by atoms with Gasteiger partial charge in [0.25, 0.3) is 5.91 Å². The fraction of sp³-hybridized carbons (Fsp3) is 0.562. The van der Waals surface area contributed by atoms with Gasteiger partial charge in [-0.1, -0.05) is 6.07 Å². The molecule has 0 radical (unpaired) electrons. The monoisotopic (exact) mass is 258 g/mol. The smallest absolute Gasteiger partial charge is 0.251 e. The molecular weight excluding hydrogens is 236 g/mol. The molecule has 3 rings (SSSR count). The molecule has 0 aromatic heterocycles. The maximum Gasteiger partial charge on any atom is 0.251 e. The molecule has 0 bridgehead atoms. The van der Waals surface area contributed by atoms with Crippen molar-refractivity contribution in [3.05, 3.63) is 29.8 Å². The Kier molecular flexibility index (Phi) is 3.45. The summed E-state index contributed by atoms with van der Waals surface area (Å²) in [6.07, 6.45) is 5.46. The summed E-state index contributed by atoms with van der Waals surface area (Å²) in [7, 11) is 0. The molecule has 2 saturated carbocycles. The first-order chi connectivity index (χ1) is 9.28. The van der Waals surface area contributed by atoms with Crippen molar-refractivity contribution >= 4 is 11.6 Å². The van der Waals surface area contributed by atoms with Gasteiger partial charge in [0.1, 0.15) is 0 Å². The van der Waals surface area contributed by atoms with Gasteiger partial charge in [-0.25, -0.2) is 0 Å². The van der Waals surface area contributed by atoms with Crippen LogP contribution < -0.4 is 10.6 Å². The second kappa shape index (κ2) is 5.24. The maximum absolute atomic E-state index is 11.8. The van der Waals surface area contributed by atoms with Crippen molar-refractivity contribution < 1.29 is 4.79 Å². The zero-order valence-electron chi connectivity index (χ0n) is 11.5. The van der Waals surface area contributed by atoms with Crippen molar-refractivity contribution in [3.8, 4) is 0 Å². The Morgan fingerprint density at radius 2 is 1.95 bits per heavy atom. The van der Waals surface area contributed by atoms with E-state index in [-0.39, 0.29) is 5.91 Å². The van der Waals surface area contributed by atoms with Gasteiger partial charge in [0.15, 0.2) is 0 Å². The van der Waals surface area contributed by atoms with Crippen LogP contribution in [0.1, 0.15) is 43.0 Å². The molecule has 0 saturated heterocycles. The van der Waals surface area contributed by atoms with Crippen molar-refractivity contribution in [2.45, 2.75) is 38.6 Å². The molecule has 2 fully saturated rings. The van der Waals surface area contributed by atoms with Gasteiger partial charge in [0.2, 0.25) is 0 Å². The largest absolute Gasteiger partial charge is 0.382 e. The van der Waals surface area contributed by atoms with E-state index in [2.05, 4.69) is 16.7 Å². The average Bonchev–Trinajstić information content (AvgIpc) is 3.30. The Labute approximate surface area is 114 Å². The average molecular weight is 258 g/mol. The Morgan fingerprint density at radius 1 is 1.26 bits per heavy atom. The summed E-state index contributed by atoms with van der Waals surface area (Å²) < 4.78 is 0. The number of carbonyl (C=O) groups excluding carboxylic acids is 1. The minimum atomic E-state index is 0.0144. The van der Waals surface area contributed by atoms with Gasteiger partial charge >= 0.3 is 0 Å². The fourth-order valence-corrected chi connectivity index (χ4v) is 2.74. The standard InChI is InChI=1S/C16H22N2O/c1-2-17-16(19)13-4-3-5-14(10-13)18-15(11-6-7-11)12-8-9-12/h3-5,10-12,15,18H,2,6-9H2,1H3,(H,17,19). The number of rotatable bonds is 6. The Hall–Kier alpha value is -1.51. The van der Waals surface area contributed by atoms with E-state index >= 15 is 0 Å². The SMILES string of the molecule is CCNC(=O)c1cccc(NC(C2CC2)C2CC2)c1. The van der Waals surface area contributed by atoms with Crippen LogP contribution in [0.2, 0.25) is 0 Å². The summed E-state index contributed by atoms with van der Waals surface area (Å²) in [5.41, 5.74) is 1.84. The van der Waals surface area contributed by atoms with Crippen LogP contribution in [0.5, 0.6) is 0 Å². The van der Waals surface area contributed by atoms with Gasteiger partial charge in [0, 0.05) is 23.8 Å². The van der Waals surface area contributed by atoms with E-state index in [0.29, 0.717) is 12.6 Å². The van der Waals surface area contributed by atoms with Crippen LogP contribution in [0.4, 0.5) is 5.69 Å². The number of hydrogen-bond donors (Lipinski definition) is 2. The third-order valence-electron chi connectivity index (χ3n) is 4.06. The molecule has 2 aliphatic rings. The topological polar surface area (TPSA) is 41.1 Å². The summed E-state index contributed by atoms with van der Waals surface area (Å²) in [6, 6.07) is 8.51. The number of benzene rings is 1. The van der Waals surface area contributed by atoms with Crippen molar-refractivity contribution in [1.82, 2.24) is 5.32 Å². The summed E-state index contributed by atoms with van der Waals surface area (Å²) >= 11 is 0. The van der Waals surface area contributed by atoms with E-state index in [0.717, 1.165) is 23.1 Å². The highest BCUT2D eigenvalue weighted by Crippen LogP contribution is 2.45. The third-order valence-corrected chi connectivity index (χ3v) is 4.06. The lowest BCUT2D eigenvalue weighted by Crippen LogP contribution is -2.25. The normalized spacial score (nSPS) is 18.4. The van der Waals surface area contributed by atoms with E-state index < -0.39 is 0 Å². The van der Waals surface area contributed by atoms with Gasteiger partial charge < -0.3 is 10.6 Å². The Balaban J connectivity index is 1.69. The Bertz CT molecular complexity index is 452. The molecule has 19 heavy (non-hydrogen) atoms. The molecule has 1 aromatic carbocycles. The number of nitrogens with one attached hydrogen (secondary N) is 2. The molecular formula is C16H22N2O. The molecule has 3 heteroatoms. The molecule has 1 aromatic rings. The molecule has 0 spiro atoms. The molecule has 0 atom stereocenters. The highest BCUT2D eigenvalue weighted by atomic mass is 16.1. The van der Waals surface area contributed by atoms with Crippen LogP contribution in [-0.2, 0) is 0 Å². The molecule has 2 N–H and O–H groups in total. The molecule has 1 amide bonds. The lowest BCUT2D eigenvalue weighted by Gasteiger charge is -2.19. The van der Waals surface area contributed by atoms with Gasteiger partial charge in [-0.2, -0.15) is 0 Å². The van der Waals surface area contributed by atoms with Crippen molar-refractivity contribution in [1.29, 1.82) is 0 Å². The van der Waals surface area contributed by atoms with E-state index in [1.165, 1.54) is 25.7 Å². The molecule has 0 aliphatic heterocycles. The van der Waals surface area contributed by atoms with E-state index in [9.17, 15) is 4.79 Å². The first-order valence-electron chi connectivity index (χ1n) is 7.42. The minimum Gasteiger partial charge on any atom is -0.382 e. The molecule has 3 nitrogen and oxygen atoms in total. The molecule has 102 valence electrons. The van der Waals surface area contributed by atoms with Crippen LogP contribution in [0, 0.1) is 11.8 Å². The third kappa shape index (κ3) is 3.09. The predicted octanol–water partition coefficient (Wildman–Crippen LogP) is 3.04. The fourth-order valence-electron chi connectivity index (χ4n) is 2.74. The van der Waals surface area contributed by atoms with Gasteiger partial charge in [-0.15, -0.1) is 0 Å². The molecule has 0 heterocycles. The number of anilines is 1. The highest BCUT2D eigenvalue weighted by molar-refractivity contribution is 5.95. The van der Waals surface area contributed by atoms with Crippen LogP contribution in [0.25, 0.3) is 0 Å². The van der Waals surface area contributed by atoms with E-state index in [1.807, 2.05) is 25.1 Å². The maximum atomic E-state index is 11.8. The number of amides is 1. The summed E-state index contributed by atoms with van der Waals surface area (Å²) in [5.74, 6) is 1.74. The van der Waals surface area contributed by atoms with Gasteiger partial charge in [0.05, 0.1) is 0 Å². The lowest BCUT2D eigenvalue weighted by atomic mass is 10.1. The minimum absolute atomic E-state index is 0.0144. The van der Waals surface area contributed by atoms with Gasteiger partial charge in [-0.3, -0.25) is 4.79 Å². The van der Waals surface area contributed by atoms with E-state index in [1.54, 1.807) is 0 Å².